The third-order valence-corrected chi connectivity index (χ3v) is 3.62. The Morgan fingerprint density at radius 2 is 2.00 bits per heavy atom. The Bertz CT molecular complexity index is 548. The highest BCUT2D eigenvalue weighted by atomic mass is 35.5. The van der Waals surface area contributed by atoms with Gasteiger partial charge in [-0.15, -0.1) is 11.3 Å². The Kier molecular flexibility index (Phi) is 3.66. The molecule has 3 nitrogen and oxygen atoms in total. The molecule has 0 fully saturated rings. The van der Waals surface area contributed by atoms with Gasteiger partial charge in [-0.2, -0.15) is 0 Å². The van der Waals surface area contributed by atoms with E-state index in [1.807, 2.05) is 0 Å². The Hall–Kier alpha value is -1.10. The third-order valence-electron chi connectivity index (χ3n) is 2.08. The van der Waals surface area contributed by atoms with Crippen molar-refractivity contribution in [1.29, 1.82) is 0 Å². The van der Waals surface area contributed by atoms with Crippen molar-refractivity contribution < 1.29 is 4.79 Å². The van der Waals surface area contributed by atoms with Crippen LogP contribution in [-0.2, 0) is 11.2 Å². The lowest BCUT2D eigenvalue weighted by molar-refractivity contribution is -0.117. The molecule has 0 aliphatic rings. The van der Waals surface area contributed by atoms with Crippen molar-refractivity contribution in [3.05, 3.63) is 39.3 Å². The van der Waals surface area contributed by atoms with Crippen molar-refractivity contribution >= 4 is 40.4 Å². The van der Waals surface area contributed by atoms with Crippen molar-refractivity contribution in [3.63, 3.8) is 0 Å². The first-order valence-electron chi connectivity index (χ1n) is 4.75. The number of rotatable bonds is 3. The molecule has 1 amide bonds. The van der Waals surface area contributed by atoms with Gasteiger partial charge in [0, 0.05) is 10.9 Å². The van der Waals surface area contributed by atoms with Gasteiger partial charge in [0.1, 0.15) is 5.01 Å². The molecule has 1 aromatic carbocycles. The van der Waals surface area contributed by atoms with Crippen LogP contribution < -0.4 is 5.73 Å². The Morgan fingerprint density at radius 3 is 2.59 bits per heavy atom. The number of hydrogen-bond acceptors (Lipinski definition) is 3. The first-order valence-corrected chi connectivity index (χ1v) is 6.38. The zero-order valence-electron chi connectivity index (χ0n) is 8.61. The Morgan fingerprint density at radius 1 is 1.35 bits per heavy atom. The van der Waals surface area contributed by atoms with Crippen LogP contribution in [0.25, 0.3) is 10.6 Å². The average molecular weight is 287 g/mol. The number of benzene rings is 1. The normalized spacial score (nSPS) is 10.5. The number of nitrogens with two attached hydrogens (primary N) is 1. The SMILES string of the molecule is NC(=O)Cc1csc(-c2c(Cl)cccc2Cl)n1. The fourth-order valence-corrected chi connectivity index (χ4v) is 2.96. The molecule has 0 spiro atoms. The van der Waals surface area contributed by atoms with E-state index in [1.165, 1.54) is 11.3 Å². The summed E-state index contributed by atoms with van der Waals surface area (Å²) >= 11 is 13.5. The number of primary amides is 1. The predicted octanol–water partition coefficient (Wildman–Crippen LogP) is 3.14. The first kappa shape index (κ1) is 12.4. The third kappa shape index (κ3) is 2.77. The fraction of sp³-hybridized carbons (Fsp3) is 0.0909. The largest absolute Gasteiger partial charge is 0.369 e. The van der Waals surface area contributed by atoms with Crippen LogP contribution in [-0.4, -0.2) is 10.9 Å². The molecule has 0 radical (unpaired) electrons. The molecule has 88 valence electrons. The summed E-state index contributed by atoms with van der Waals surface area (Å²) < 4.78 is 0. The highest BCUT2D eigenvalue weighted by Gasteiger charge is 2.13. The van der Waals surface area contributed by atoms with E-state index in [9.17, 15) is 4.79 Å². The van der Waals surface area contributed by atoms with Crippen molar-refractivity contribution in [2.75, 3.05) is 0 Å². The number of thiazole rings is 1. The second-order valence-electron chi connectivity index (χ2n) is 3.38. The molecule has 2 N–H and O–H groups in total. The summed E-state index contributed by atoms with van der Waals surface area (Å²) in [5, 5.41) is 3.55. The van der Waals surface area contributed by atoms with E-state index in [0.29, 0.717) is 26.3 Å². The molecule has 1 heterocycles. The monoisotopic (exact) mass is 286 g/mol. The van der Waals surface area contributed by atoms with Crippen molar-refractivity contribution in [2.24, 2.45) is 5.73 Å². The minimum atomic E-state index is -0.410. The zero-order valence-corrected chi connectivity index (χ0v) is 10.9. The van der Waals surface area contributed by atoms with Crippen LogP contribution in [0.5, 0.6) is 0 Å². The van der Waals surface area contributed by atoms with E-state index in [-0.39, 0.29) is 6.42 Å². The fourth-order valence-electron chi connectivity index (χ4n) is 1.38. The quantitative estimate of drug-likeness (QED) is 0.942. The lowest BCUT2D eigenvalue weighted by Gasteiger charge is -2.02. The van der Waals surface area contributed by atoms with Gasteiger partial charge in [-0.25, -0.2) is 4.98 Å². The summed E-state index contributed by atoms with van der Waals surface area (Å²) in [4.78, 5) is 15.1. The molecular formula is C11H8Cl2N2OS. The minimum absolute atomic E-state index is 0.124. The van der Waals surface area contributed by atoms with Crippen LogP contribution in [0.15, 0.2) is 23.6 Å². The Balaban J connectivity index is 2.40. The molecule has 0 saturated carbocycles. The number of carbonyl (C=O) groups excluding carboxylic acids is 1. The molecule has 0 aliphatic carbocycles. The molecule has 0 bridgehead atoms. The average Bonchev–Trinajstić information content (AvgIpc) is 2.65. The summed E-state index contributed by atoms with van der Waals surface area (Å²) in [5.41, 5.74) is 6.43. The van der Waals surface area contributed by atoms with Crippen LogP contribution in [0.1, 0.15) is 5.69 Å². The highest BCUT2D eigenvalue weighted by Crippen LogP contribution is 2.36. The molecule has 0 atom stereocenters. The van der Waals surface area contributed by atoms with Crippen molar-refractivity contribution in [2.45, 2.75) is 6.42 Å². The molecule has 1 aromatic heterocycles. The van der Waals surface area contributed by atoms with Gasteiger partial charge in [0.05, 0.1) is 22.2 Å². The van der Waals surface area contributed by atoms with E-state index in [4.69, 9.17) is 28.9 Å². The molecule has 2 aromatic rings. The maximum absolute atomic E-state index is 10.8. The summed E-state index contributed by atoms with van der Waals surface area (Å²) in [6.07, 6.45) is 0.124. The maximum atomic E-state index is 10.8. The first-order chi connectivity index (χ1) is 8.08. The molecule has 0 aliphatic heterocycles. The van der Waals surface area contributed by atoms with Gasteiger partial charge in [0.15, 0.2) is 0 Å². The summed E-state index contributed by atoms with van der Waals surface area (Å²) in [7, 11) is 0. The van der Waals surface area contributed by atoms with E-state index in [2.05, 4.69) is 4.98 Å². The molecule has 2 rings (SSSR count). The van der Waals surface area contributed by atoms with Gasteiger partial charge in [-0.05, 0) is 12.1 Å². The predicted molar refractivity (Wildman–Crippen MR) is 70.5 cm³/mol. The van der Waals surface area contributed by atoms with Crippen LogP contribution in [0.2, 0.25) is 10.0 Å². The second-order valence-corrected chi connectivity index (χ2v) is 5.06. The van der Waals surface area contributed by atoms with Gasteiger partial charge in [-0.1, -0.05) is 29.3 Å². The Labute approximate surface area is 112 Å². The summed E-state index contributed by atoms with van der Waals surface area (Å²) in [5.74, 6) is -0.410. The molecule has 17 heavy (non-hydrogen) atoms. The molecular weight excluding hydrogens is 279 g/mol. The number of nitrogens with zero attached hydrogens (tertiary/aromatic N) is 1. The van der Waals surface area contributed by atoms with Gasteiger partial charge in [0.2, 0.25) is 5.91 Å². The molecule has 0 saturated heterocycles. The summed E-state index contributed by atoms with van der Waals surface area (Å²) in [6, 6.07) is 5.27. The van der Waals surface area contributed by atoms with Gasteiger partial charge in [0.25, 0.3) is 0 Å². The number of halogens is 2. The van der Waals surface area contributed by atoms with Crippen LogP contribution in [0.3, 0.4) is 0 Å². The maximum Gasteiger partial charge on any atom is 0.223 e. The number of hydrogen-bond donors (Lipinski definition) is 1. The van der Waals surface area contributed by atoms with Gasteiger partial charge >= 0.3 is 0 Å². The topological polar surface area (TPSA) is 56.0 Å². The lowest BCUT2D eigenvalue weighted by Crippen LogP contribution is -2.13. The van der Waals surface area contributed by atoms with Crippen molar-refractivity contribution in [1.82, 2.24) is 4.98 Å². The number of amides is 1. The highest BCUT2D eigenvalue weighted by molar-refractivity contribution is 7.13. The van der Waals surface area contributed by atoms with E-state index in [0.717, 1.165) is 0 Å². The van der Waals surface area contributed by atoms with E-state index in [1.54, 1.807) is 23.6 Å². The lowest BCUT2D eigenvalue weighted by atomic mass is 10.2. The smallest absolute Gasteiger partial charge is 0.223 e. The molecule has 6 heteroatoms. The van der Waals surface area contributed by atoms with Crippen LogP contribution >= 0.6 is 34.5 Å². The van der Waals surface area contributed by atoms with Gasteiger partial charge < -0.3 is 5.73 Å². The minimum Gasteiger partial charge on any atom is -0.369 e. The summed E-state index contributed by atoms with van der Waals surface area (Å²) in [6.45, 7) is 0. The number of carbonyl (C=O) groups is 1. The van der Waals surface area contributed by atoms with E-state index < -0.39 is 5.91 Å². The van der Waals surface area contributed by atoms with Crippen LogP contribution in [0.4, 0.5) is 0 Å². The van der Waals surface area contributed by atoms with Gasteiger partial charge in [-0.3, -0.25) is 4.79 Å². The van der Waals surface area contributed by atoms with Crippen LogP contribution in [0, 0.1) is 0 Å². The molecule has 0 unspecified atom stereocenters. The van der Waals surface area contributed by atoms with E-state index >= 15 is 0 Å². The second kappa shape index (κ2) is 5.04. The number of aromatic nitrogens is 1. The van der Waals surface area contributed by atoms with Crippen molar-refractivity contribution in [3.8, 4) is 10.6 Å². The zero-order chi connectivity index (χ0) is 12.4. The standard InChI is InChI=1S/C11H8Cl2N2OS/c12-7-2-1-3-8(13)10(7)11-15-6(5-17-11)4-9(14)16/h1-3,5H,4H2,(H2,14,16).